The largest absolute Gasteiger partial charge is 0.363 e. The molecule has 2 rings (SSSR count). The number of carbonyl (C=O) groups is 1. The number of benzene rings is 1. The molecule has 1 aromatic carbocycles. The lowest BCUT2D eigenvalue weighted by atomic mass is 9.97. The van der Waals surface area contributed by atoms with Crippen LogP contribution in [0.1, 0.15) is 23.7 Å². The van der Waals surface area contributed by atoms with E-state index >= 15 is 0 Å². The fraction of sp³-hybridized carbons (Fsp3) is 0.500. The Morgan fingerprint density at radius 2 is 2.16 bits per heavy atom. The molecule has 1 heterocycles. The van der Waals surface area contributed by atoms with Crippen molar-refractivity contribution >= 4 is 18.3 Å². The number of amides is 1. The third kappa shape index (κ3) is 4.20. The number of hydrogen-bond acceptors (Lipinski definition) is 3. The van der Waals surface area contributed by atoms with Gasteiger partial charge in [-0.1, -0.05) is 24.3 Å². The van der Waals surface area contributed by atoms with Crippen molar-refractivity contribution in [2.75, 3.05) is 26.7 Å². The van der Waals surface area contributed by atoms with E-state index in [2.05, 4.69) is 16.7 Å². The maximum Gasteiger partial charge on any atom is 0.253 e. The molecule has 1 atom stereocenters. The van der Waals surface area contributed by atoms with Gasteiger partial charge in [-0.15, -0.1) is 12.4 Å². The van der Waals surface area contributed by atoms with Crippen LogP contribution in [0, 0.1) is 0 Å². The molecule has 0 aromatic heterocycles. The molecule has 1 aliphatic heterocycles. The predicted molar refractivity (Wildman–Crippen MR) is 77.6 cm³/mol. The van der Waals surface area contributed by atoms with E-state index < -0.39 is 6.10 Å². The molecule has 0 saturated heterocycles. The first kappa shape index (κ1) is 16.0. The molecule has 1 aliphatic rings. The van der Waals surface area contributed by atoms with Gasteiger partial charge in [0.1, 0.15) is 0 Å². The molecule has 0 spiro atoms. The second-order valence-corrected chi connectivity index (χ2v) is 4.45. The molecular weight excluding hydrogens is 264 g/mol. The van der Waals surface area contributed by atoms with Crippen LogP contribution in [0.5, 0.6) is 0 Å². The van der Waals surface area contributed by atoms with Crippen molar-refractivity contribution in [3.63, 3.8) is 0 Å². The predicted octanol–water partition coefficient (Wildman–Crippen LogP) is 1.45. The third-order valence-electron chi connectivity index (χ3n) is 3.13. The van der Waals surface area contributed by atoms with E-state index in [4.69, 9.17) is 4.74 Å². The van der Waals surface area contributed by atoms with Gasteiger partial charge in [-0.25, -0.2) is 0 Å². The number of rotatable bonds is 5. The SMILES string of the molecule is CNCCCNC(=O)C1OCCc2ccccc21.Cl. The van der Waals surface area contributed by atoms with E-state index in [9.17, 15) is 4.79 Å². The Bertz CT molecular complexity index is 412. The summed E-state index contributed by atoms with van der Waals surface area (Å²) in [6.07, 6.45) is 1.38. The quantitative estimate of drug-likeness (QED) is 0.805. The molecule has 0 radical (unpaired) electrons. The van der Waals surface area contributed by atoms with E-state index in [0.717, 1.165) is 24.9 Å². The molecule has 1 unspecified atom stereocenters. The molecular formula is C14H21ClN2O2. The van der Waals surface area contributed by atoms with Crippen LogP contribution in [0.2, 0.25) is 0 Å². The topological polar surface area (TPSA) is 50.4 Å². The lowest BCUT2D eigenvalue weighted by Gasteiger charge is -2.25. The van der Waals surface area contributed by atoms with Gasteiger partial charge < -0.3 is 15.4 Å². The highest BCUT2D eigenvalue weighted by atomic mass is 35.5. The average molecular weight is 285 g/mol. The Morgan fingerprint density at radius 1 is 1.37 bits per heavy atom. The van der Waals surface area contributed by atoms with Crippen molar-refractivity contribution in [3.8, 4) is 0 Å². The summed E-state index contributed by atoms with van der Waals surface area (Å²) in [5, 5.41) is 5.98. The molecule has 0 aliphatic carbocycles. The number of fused-ring (bicyclic) bond motifs is 1. The first-order chi connectivity index (χ1) is 8.83. The second kappa shape index (κ2) is 8.15. The number of halogens is 1. The Hall–Kier alpha value is -1.10. The summed E-state index contributed by atoms with van der Waals surface area (Å²) in [5.74, 6) is -0.0294. The highest BCUT2D eigenvalue weighted by Crippen LogP contribution is 2.26. The van der Waals surface area contributed by atoms with Gasteiger partial charge >= 0.3 is 0 Å². The van der Waals surface area contributed by atoms with Crippen LogP contribution in [0.15, 0.2) is 24.3 Å². The van der Waals surface area contributed by atoms with Crippen LogP contribution in [-0.2, 0) is 16.0 Å². The van der Waals surface area contributed by atoms with E-state index in [-0.39, 0.29) is 18.3 Å². The molecule has 4 nitrogen and oxygen atoms in total. The molecule has 1 aromatic rings. The Kier molecular flexibility index (Phi) is 6.84. The molecule has 2 N–H and O–H groups in total. The molecule has 0 saturated carbocycles. The van der Waals surface area contributed by atoms with Gasteiger partial charge in [-0.05, 0) is 37.6 Å². The maximum absolute atomic E-state index is 12.1. The fourth-order valence-electron chi connectivity index (χ4n) is 2.18. The summed E-state index contributed by atoms with van der Waals surface area (Å²) in [6.45, 7) is 2.20. The third-order valence-corrected chi connectivity index (χ3v) is 3.13. The zero-order valence-electron chi connectivity index (χ0n) is 11.1. The first-order valence-electron chi connectivity index (χ1n) is 6.44. The minimum Gasteiger partial charge on any atom is -0.363 e. The number of hydrogen-bond donors (Lipinski definition) is 2. The smallest absolute Gasteiger partial charge is 0.253 e. The molecule has 1 amide bonds. The van der Waals surface area contributed by atoms with Gasteiger partial charge in [0, 0.05) is 6.54 Å². The number of nitrogens with one attached hydrogen (secondary N) is 2. The van der Waals surface area contributed by atoms with Crippen LogP contribution in [0.3, 0.4) is 0 Å². The van der Waals surface area contributed by atoms with Crippen LogP contribution in [0.4, 0.5) is 0 Å². The van der Waals surface area contributed by atoms with Crippen LogP contribution >= 0.6 is 12.4 Å². The van der Waals surface area contributed by atoms with Crippen molar-refractivity contribution in [1.82, 2.24) is 10.6 Å². The number of ether oxygens (including phenoxy) is 1. The monoisotopic (exact) mass is 284 g/mol. The summed E-state index contributed by atoms with van der Waals surface area (Å²) >= 11 is 0. The van der Waals surface area contributed by atoms with Crippen LogP contribution < -0.4 is 10.6 Å². The van der Waals surface area contributed by atoms with E-state index in [1.807, 2.05) is 25.2 Å². The minimum atomic E-state index is -0.440. The van der Waals surface area contributed by atoms with Gasteiger partial charge in [0.15, 0.2) is 6.10 Å². The lowest BCUT2D eigenvalue weighted by molar-refractivity contribution is -0.134. The molecule has 106 valence electrons. The maximum atomic E-state index is 12.1. The Labute approximate surface area is 120 Å². The van der Waals surface area contributed by atoms with Gasteiger partial charge in [0.2, 0.25) is 0 Å². The van der Waals surface area contributed by atoms with Crippen molar-refractivity contribution < 1.29 is 9.53 Å². The highest BCUT2D eigenvalue weighted by Gasteiger charge is 2.26. The number of carbonyl (C=O) groups excluding carboxylic acids is 1. The van der Waals surface area contributed by atoms with Crippen LogP contribution in [-0.4, -0.2) is 32.7 Å². The summed E-state index contributed by atoms with van der Waals surface area (Å²) < 4.78 is 5.60. The standard InChI is InChI=1S/C14H20N2O2.ClH/c1-15-8-4-9-16-14(17)13-12-6-3-2-5-11(12)7-10-18-13;/h2-3,5-6,13,15H,4,7-10H2,1H3,(H,16,17);1H. The van der Waals surface area contributed by atoms with E-state index in [1.54, 1.807) is 0 Å². The van der Waals surface area contributed by atoms with Gasteiger partial charge in [-0.3, -0.25) is 4.79 Å². The Balaban J connectivity index is 0.00000180. The van der Waals surface area contributed by atoms with Gasteiger partial charge in [0.25, 0.3) is 5.91 Å². The van der Waals surface area contributed by atoms with Crippen molar-refractivity contribution in [1.29, 1.82) is 0 Å². The van der Waals surface area contributed by atoms with Gasteiger partial charge in [0.05, 0.1) is 6.61 Å². The second-order valence-electron chi connectivity index (χ2n) is 4.45. The van der Waals surface area contributed by atoms with Crippen LogP contribution in [0.25, 0.3) is 0 Å². The molecule has 5 heteroatoms. The molecule has 0 bridgehead atoms. The zero-order valence-corrected chi connectivity index (χ0v) is 12.0. The molecule has 0 fully saturated rings. The van der Waals surface area contributed by atoms with E-state index in [1.165, 1.54) is 5.56 Å². The summed E-state index contributed by atoms with van der Waals surface area (Å²) in [7, 11) is 1.91. The van der Waals surface area contributed by atoms with Crippen molar-refractivity contribution in [2.24, 2.45) is 0 Å². The van der Waals surface area contributed by atoms with Crippen molar-refractivity contribution in [2.45, 2.75) is 18.9 Å². The zero-order chi connectivity index (χ0) is 12.8. The Morgan fingerprint density at radius 3 is 2.95 bits per heavy atom. The summed E-state index contributed by atoms with van der Waals surface area (Å²) in [6, 6.07) is 8.01. The molecule has 19 heavy (non-hydrogen) atoms. The highest BCUT2D eigenvalue weighted by molar-refractivity contribution is 5.85. The summed E-state index contributed by atoms with van der Waals surface area (Å²) in [4.78, 5) is 12.1. The average Bonchev–Trinajstić information content (AvgIpc) is 2.43. The van der Waals surface area contributed by atoms with Gasteiger partial charge in [-0.2, -0.15) is 0 Å². The van der Waals surface area contributed by atoms with Crippen molar-refractivity contribution in [3.05, 3.63) is 35.4 Å². The normalized spacial score (nSPS) is 17.2. The lowest BCUT2D eigenvalue weighted by Crippen LogP contribution is -2.35. The minimum absolute atomic E-state index is 0. The summed E-state index contributed by atoms with van der Waals surface area (Å²) in [5.41, 5.74) is 2.23. The van der Waals surface area contributed by atoms with E-state index in [0.29, 0.717) is 13.2 Å². The first-order valence-corrected chi connectivity index (χ1v) is 6.44. The fourth-order valence-corrected chi connectivity index (χ4v) is 2.18.